The predicted octanol–water partition coefficient (Wildman–Crippen LogP) is 3.35. The van der Waals surface area contributed by atoms with Crippen LogP contribution in [0.25, 0.3) is 0 Å². The third-order valence-corrected chi connectivity index (χ3v) is 3.11. The van der Waals surface area contributed by atoms with Crippen molar-refractivity contribution in [1.29, 1.82) is 0 Å². The zero-order chi connectivity index (χ0) is 15.8. The van der Waals surface area contributed by atoms with E-state index in [2.05, 4.69) is 0 Å². The molecule has 0 aromatic heterocycles. The number of nitrogens with zero attached hydrogens (tertiary/aromatic N) is 1. The van der Waals surface area contributed by atoms with Crippen molar-refractivity contribution in [3.05, 3.63) is 0 Å². The normalized spacial score (nSPS) is 15.8. The summed E-state index contributed by atoms with van der Waals surface area (Å²) in [5.74, 6) is 0. The summed E-state index contributed by atoms with van der Waals surface area (Å²) in [6, 6.07) is -3.30. The second-order valence-corrected chi connectivity index (χ2v) is 5.07. The first-order valence-corrected chi connectivity index (χ1v) is 5.81. The van der Waals surface area contributed by atoms with Gasteiger partial charge in [0.25, 0.3) is 5.60 Å². The topological polar surface area (TPSA) is 23.5 Å². The molecule has 2 nitrogen and oxygen atoms in total. The zero-order valence-electron chi connectivity index (χ0n) is 11.7. The van der Waals surface area contributed by atoms with E-state index in [0.29, 0.717) is 0 Å². The van der Waals surface area contributed by atoms with E-state index in [0.717, 1.165) is 11.8 Å². The van der Waals surface area contributed by atoms with Gasteiger partial charge in [0.2, 0.25) is 0 Å². The molecule has 1 radical (unpaired) electrons. The largest absolute Gasteiger partial charge is 0.427 e. The van der Waals surface area contributed by atoms with Crippen LogP contribution in [0, 0.1) is 0 Å². The van der Waals surface area contributed by atoms with Gasteiger partial charge in [0.15, 0.2) is 0 Å². The predicted molar refractivity (Wildman–Crippen MR) is 58.6 cm³/mol. The average molecular weight is 354 g/mol. The third kappa shape index (κ3) is 4.02. The number of rotatable bonds is 4. The van der Waals surface area contributed by atoms with E-state index in [9.17, 15) is 31.4 Å². The van der Waals surface area contributed by atoms with Crippen LogP contribution >= 0.6 is 0 Å². The SMILES string of the molecule is CC(C)N(C(C)C)C(C)C(O)(C(F)(F)F)C(F)(F)F.[Co]. The molecule has 0 aromatic carbocycles. The Kier molecular flexibility index (Phi) is 7.63. The van der Waals surface area contributed by atoms with Crippen molar-refractivity contribution in [3.63, 3.8) is 0 Å². The summed E-state index contributed by atoms with van der Waals surface area (Å²) >= 11 is 0. The van der Waals surface area contributed by atoms with Crippen LogP contribution in [-0.2, 0) is 16.8 Å². The first-order chi connectivity index (χ1) is 8.18. The smallest absolute Gasteiger partial charge is 0.372 e. The second kappa shape index (κ2) is 6.84. The van der Waals surface area contributed by atoms with Gasteiger partial charge in [0.1, 0.15) is 0 Å². The third-order valence-electron chi connectivity index (χ3n) is 3.11. The summed E-state index contributed by atoms with van der Waals surface area (Å²) < 4.78 is 76.4. The van der Waals surface area contributed by atoms with Crippen LogP contribution in [0.3, 0.4) is 0 Å². The molecule has 1 atom stereocenters. The number of halogens is 6. The van der Waals surface area contributed by atoms with Crippen LogP contribution in [-0.4, -0.2) is 46.1 Å². The number of aliphatic hydroxyl groups is 1. The molecule has 125 valence electrons. The molecule has 0 rings (SSSR count). The summed E-state index contributed by atoms with van der Waals surface area (Å²) in [6.07, 6.45) is -11.6. The molecule has 0 aliphatic carbocycles. The summed E-state index contributed by atoms with van der Waals surface area (Å²) in [6.45, 7) is 6.64. The molecule has 0 aliphatic heterocycles. The summed E-state index contributed by atoms with van der Waals surface area (Å²) in [7, 11) is 0. The van der Waals surface area contributed by atoms with Crippen molar-refractivity contribution in [2.24, 2.45) is 0 Å². The maximum Gasteiger partial charge on any atom is 0.427 e. The van der Waals surface area contributed by atoms with E-state index in [1.165, 1.54) is 27.7 Å². The monoisotopic (exact) mass is 354 g/mol. The van der Waals surface area contributed by atoms with Crippen LogP contribution < -0.4 is 0 Å². The van der Waals surface area contributed by atoms with E-state index in [-0.39, 0.29) is 16.8 Å². The van der Waals surface area contributed by atoms with Gasteiger partial charge in [0, 0.05) is 28.9 Å². The zero-order valence-corrected chi connectivity index (χ0v) is 12.8. The number of hydrogen-bond acceptors (Lipinski definition) is 2. The Morgan fingerprint density at radius 3 is 1.15 bits per heavy atom. The molecule has 0 aromatic rings. The standard InChI is InChI=1S/C11H19F6NO.Co/c1-6(2)18(7(3)4)8(5)9(19,10(12,13)14)11(15,16)17;/h6-8,19H,1-5H3;. The fourth-order valence-electron chi connectivity index (χ4n) is 2.34. The van der Waals surface area contributed by atoms with Crippen molar-refractivity contribution >= 4 is 0 Å². The number of alkyl halides is 6. The first kappa shape index (κ1) is 22.3. The Balaban J connectivity index is 0. The van der Waals surface area contributed by atoms with E-state index in [1.54, 1.807) is 0 Å². The maximum atomic E-state index is 12.7. The van der Waals surface area contributed by atoms with Gasteiger partial charge in [-0.1, -0.05) is 0 Å². The van der Waals surface area contributed by atoms with Crippen molar-refractivity contribution in [1.82, 2.24) is 4.90 Å². The Morgan fingerprint density at radius 1 is 0.750 bits per heavy atom. The van der Waals surface area contributed by atoms with Crippen molar-refractivity contribution in [3.8, 4) is 0 Å². The molecule has 0 spiro atoms. The number of hydrogen-bond donors (Lipinski definition) is 1. The minimum absolute atomic E-state index is 0. The second-order valence-electron chi connectivity index (χ2n) is 5.07. The van der Waals surface area contributed by atoms with Gasteiger partial charge in [-0.3, -0.25) is 4.90 Å². The van der Waals surface area contributed by atoms with Gasteiger partial charge in [-0.05, 0) is 34.6 Å². The molecule has 0 heterocycles. The van der Waals surface area contributed by atoms with Crippen molar-refractivity contribution in [2.75, 3.05) is 0 Å². The fourth-order valence-corrected chi connectivity index (χ4v) is 2.34. The van der Waals surface area contributed by atoms with Crippen molar-refractivity contribution in [2.45, 2.75) is 70.7 Å². The van der Waals surface area contributed by atoms with Gasteiger partial charge >= 0.3 is 12.4 Å². The van der Waals surface area contributed by atoms with Gasteiger partial charge in [0.05, 0.1) is 6.04 Å². The molecular formula is C11H19CoF6NO. The Labute approximate surface area is 124 Å². The first-order valence-electron chi connectivity index (χ1n) is 5.81. The molecule has 1 N–H and O–H groups in total. The molecule has 20 heavy (non-hydrogen) atoms. The maximum absolute atomic E-state index is 12.7. The van der Waals surface area contributed by atoms with Crippen LogP contribution in [0.2, 0.25) is 0 Å². The Hall–Kier alpha value is 0.00649. The van der Waals surface area contributed by atoms with Crippen molar-refractivity contribution < 1.29 is 48.2 Å². The van der Waals surface area contributed by atoms with E-state index < -0.39 is 36.1 Å². The van der Waals surface area contributed by atoms with Crippen LogP contribution in [0.1, 0.15) is 34.6 Å². The van der Waals surface area contributed by atoms with Gasteiger partial charge in [-0.2, -0.15) is 26.3 Å². The summed E-state index contributed by atoms with van der Waals surface area (Å²) in [4.78, 5) is 0.987. The summed E-state index contributed by atoms with van der Waals surface area (Å²) in [5.41, 5.74) is -4.76. The molecule has 0 bridgehead atoms. The molecule has 0 fully saturated rings. The van der Waals surface area contributed by atoms with E-state index >= 15 is 0 Å². The van der Waals surface area contributed by atoms with Gasteiger partial charge < -0.3 is 5.11 Å². The van der Waals surface area contributed by atoms with Gasteiger partial charge in [-0.15, -0.1) is 0 Å². The van der Waals surface area contributed by atoms with E-state index in [1.807, 2.05) is 0 Å². The van der Waals surface area contributed by atoms with Gasteiger partial charge in [-0.25, -0.2) is 0 Å². The minimum atomic E-state index is -5.80. The molecule has 0 amide bonds. The van der Waals surface area contributed by atoms with Crippen LogP contribution in [0.4, 0.5) is 26.3 Å². The van der Waals surface area contributed by atoms with Crippen LogP contribution in [0.15, 0.2) is 0 Å². The molecule has 0 aliphatic rings. The Morgan fingerprint density at radius 2 is 1.00 bits per heavy atom. The molecular weight excluding hydrogens is 335 g/mol. The molecule has 9 heteroatoms. The average Bonchev–Trinajstić information content (AvgIpc) is 2.11. The Bertz CT molecular complexity index is 280. The quantitative estimate of drug-likeness (QED) is 0.783. The van der Waals surface area contributed by atoms with E-state index in [4.69, 9.17) is 0 Å². The fraction of sp³-hybridized carbons (Fsp3) is 1.00. The van der Waals surface area contributed by atoms with Crippen LogP contribution in [0.5, 0.6) is 0 Å². The molecule has 0 saturated carbocycles. The minimum Gasteiger partial charge on any atom is -0.372 e. The molecule has 1 unspecified atom stereocenters. The summed E-state index contributed by atoms with van der Waals surface area (Å²) in [5, 5.41) is 9.33. The molecule has 0 saturated heterocycles.